The molecule has 0 atom stereocenters. The van der Waals surface area contributed by atoms with Crippen LogP contribution in [0.25, 0.3) is 0 Å². The third kappa shape index (κ3) is 35.2. The van der Waals surface area contributed by atoms with E-state index < -0.39 is 0 Å². The number of unbranched alkanes of at least 4 members (excludes halogenated alkanes) is 27. The van der Waals surface area contributed by atoms with Crippen LogP contribution in [0.3, 0.4) is 0 Å². The fourth-order valence-corrected chi connectivity index (χ4v) is 5.45. The smallest absolute Gasteiger partial charge is 0.305 e. The van der Waals surface area contributed by atoms with Crippen molar-refractivity contribution in [2.75, 3.05) is 13.2 Å². The van der Waals surface area contributed by atoms with Crippen molar-refractivity contribution in [3.63, 3.8) is 0 Å². The maximum atomic E-state index is 11.9. The zero-order chi connectivity index (χ0) is 29.0. The molecular formula is C37H72O3. The molecule has 0 aliphatic rings. The maximum absolute atomic E-state index is 11.9. The second kappa shape index (κ2) is 36.2. The molecule has 0 aromatic rings. The Balaban J connectivity index is 3.14. The monoisotopic (exact) mass is 565 g/mol. The minimum Gasteiger partial charge on any atom is -0.466 e. The van der Waals surface area contributed by atoms with Gasteiger partial charge in [-0.15, -0.1) is 0 Å². The molecule has 0 rings (SSSR count). The number of aliphatic hydroxyl groups is 1. The molecule has 0 heterocycles. The SMILES string of the molecule is CCCC/C=C\CCCCCCCC(=O)OCCCCCCCCCCCCCCCCCCCCCCCO. The first-order chi connectivity index (χ1) is 19.8. The van der Waals surface area contributed by atoms with Gasteiger partial charge in [0, 0.05) is 13.0 Å². The van der Waals surface area contributed by atoms with E-state index in [1.165, 1.54) is 167 Å². The van der Waals surface area contributed by atoms with Crippen molar-refractivity contribution >= 4 is 5.97 Å². The van der Waals surface area contributed by atoms with Crippen LogP contribution in [0.1, 0.15) is 206 Å². The summed E-state index contributed by atoms with van der Waals surface area (Å²) in [6.07, 6.45) is 44.3. The minimum absolute atomic E-state index is 0.0102. The third-order valence-corrected chi connectivity index (χ3v) is 8.21. The molecule has 0 saturated carbocycles. The van der Waals surface area contributed by atoms with Crippen molar-refractivity contribution in [1.29, 1.82) is 0 Å². The largest absolute Gasteiger partial charge is 0.466 e. The van der Waals surface area contributed by atoms with Crippen molar-refractivity contribution in [3.05, 3.63) is 12.2 Å². The Labute approximate surface area is 251 Å². The zero-order valence-corrected chi connectivity index (χ0v) is 27.3. The predicted octanol–water partition coefficient (Wildman–Crippen LogP) is 12.2. The van der Waals surface area contributed by atoms with Gasteiger partial charge in [0.15, 0.2) is 0 Å². The highest BCUT2D eigenvalue weighted by Gasteiger charge is 2.02. The van der Waals surface area contributed by atoms with Gasteiger partial charge in [-0.1, -0.05) is 173 Å². The van der Waals surface area contributed by atoms with Gasteiger partial charge in [-0.25, -0.2) is 0 Å². The van der Waals surface area contributed by atoms with Crippen LogP contribution in [-0.2, 0) is 9.53 Å². The van der Waals surface area contributed by atoms with E-state index in [0.29, 0.717) is 19.6 Å². The molecule has 1 N–H and O–H groups in total. The molecule has 0 unspecified atom stereocenters. The van der Waals surface area contributed by atoms with Crippen LogP contribution >= 0.6 is 0 Å². The minimum atomic E-state index is 0.0102. The van der Waals surface area contributed by atoms with E-state index in [2.05, 4.69) is 19.1 Å². The molecule has 0 fully saturated rings. The standard InChI is InChI=1S/C37H72O3/c1-2-3-4-5-6-7-19-22-25-28-31-34-37(39)40-36-33-30-27-24-21-18-16-14-12-10-8-9-11-13-15-17-20-23-26-29-32-35-38/h5-6,38H,2-4,7-36H2,1H3/b6-5-. The number of rotatable bonds is 34. The first-order valence-electron chi connectivity index (χ1n) is 18.2. The lowest BCUT2D eigenvalue weighted by molar-refractivity contribution is -0.143. The normalized spacial score (nSPS) is 11.6. The van der Waals surface area contributed by atoms with E-state index in [4.69, 9.17) is 9.84 Å². The Morgan fingerprint density at radius 3 is 1.25 bits per heavy atom. The van der Waals surface area contributed by atoms with Crippen LogP contribution in [0.15, 0.2) is 12.2 Å². The van der Waals surface area contributed by atoms with Gasteiger partial charge < -0.3 is 9.84 Å². The average molecular weight is 565 g/mol. The summed E-state index contributed by atoms with van der Waals surface area (Å²) in [6, 6.07) is 0. The number of esters is 1. The fraction of sp³-hybridized carbons (Fsp3) is 0.919. The highest BCUT2D eigenvalue weighted by atomic mass is 16.5. The summed E-state index contributed by atoms with van der Waals surface area (Å²) in [5, 5.41) is 8.78. The molecule has 238 valence electrons. The van der Waals surface area contributed by atoms with Crippen molar-refractivity contribution in [1.82, 2.24) is 0 Å². The third-order valence-electron chi connectivity index (χ3n) is 8.21. The molecule has 0 bridgehead atoms. The van der Waals surface area contributed by atoms with Crippen molar-refractivity contribution in [2.45, 2.75) is 206 Å². The van der Waals surface area contributed by atoms with Gasteiger partial charge in [-0.05, 0) is 38.5 Å². The number of carbonyl (C=O) groups is 1. The van der Waals surface area contributed by atoms with Crippen molar-refractivity contribution < 1.29 is 14.6 Å². The lowest BCUT2D eigenvalue weighted by atomic mass is 10.0. The molecule has 3 heteroatoms. The van der Waals surface area contributed by atoms with Crippen LogP contribution in [0, 0.1) is 0 Å². The summed E-state index contributed by atoms with van der Waals surface area (Å²) in [6.45, 7) is 3.22. The highest BCUT2D eigenvalue weighted by molar-refractivity contribution is 5.69. The van der Waals surface area contributed by atoms with Gasteiger partial charge in [0.05, 0.1) is 6.61 Å². The quantitative estimate of drug-likeness (QED) is 0.0480. The van der Waals surface area contributed by atoms with Crippen LogP contribution < -0.4 is 0 Å². The molecule has 0 radical (unpaired) electrons. The van der Waals surface area contributed by atoms with Gasteiger partial charge >= 0.3 is 5.97 Å². The molecule has 0 saturated heterocycles. The predicted molar refractivity (Wildman–Crippen MR) is 176 cm³/mol. The topological polar surface area (TPSA) is 46.5 Å². The molecule has 0 aliphatic heterocycles. The Bertz CT molecular complexity index is 502. The summed E-state index contributed by atoms with van der Waals surface area (Å²) in [5.74, 6) is 0.0102. The highest BCUT2D eigenvalue weighted by Crippen LogP contribution is 2.15. The molecule has 0 aromatic heterocycles. The summed E-state index contributed by atoms with van der Waals surface area (Å²) >= 11 is 0. The molecule has 0 amide bonds. The van der Waals surface area contributed by atoms with Gasteiger partial charge in [0.2, 0.25) is 0 Å². The Hall–Kier alpha value is -0.830. The maximum Gasteiger partial charge on any atom is 0.305 e. The van der Waals surface area contributed by atoms with Crippen LogP contribution in [0.2, 0.25) is 0 Å². The summed E-state index contributed by atoms with van der Waals surface area (Å²) in [5.41, 5.74) is 0. The van der Waals surface area contributed by atoms with Gasteiger partial charge in [-0.2, -0.15) is 0 Å². The second-order valence-electron chi connectivity index (χ2n) is 12.3. The van der Waals surface area contributed by atoms with E-state index in [1.54, 1.807) is 0 Å². The molecule has 3 nitrogen and oxygen atoms in total. The molecule has 40 heavy (non-hydrogen) atoms. The lowest BCUT2D eigenvalue weighted by Crippen LogP contribution is -2.05. The Morgan fingerprint density at radius 2 is 0.825 bits per heavy atom. The van der Waals surface area contributed by atoms with E-state index in [1.807, 2.05) is 0 Å². The second-order valence-corrected chi connectivity index (χ2v) is 12.3. The summed E-state index contributed by atoms with van der Waals surface area (Å²) in [7, 11) is 0. The number of hydrogen-bond acceptors (Lipinski definition) is 3. The molecule has 0 spiro atoms. The van der Waals surface area contributed by atoms with Gasteiger partial charge in [0.1, 0.15) is 0 Å². The van der Waals surface area contributed by atoms with E-state index in [0.717, 1.165) is 25.7 Å². The fourth-order valence-electron chi connectivity index (χ4n) is 5.45. The summed E-state index contributed by atoms with van der Waals surface area (Å²) < 4.78 is 5.42. The van der Waals surface area contributed by atoms with E-state index >= 15 is 0 Å². The van der Waals surface area contributed by atoms with E-state index in [9.17, 15) is 4.79 Å². The first-order valence-corrected chi connectivity index (χ1v) is 18.2. The van der Waals surface area contributed by atoms with Crippen LogP contribution in [0.4, 0.5) is 0 Å². The number of aliphatic hydroxyl groups excluding tert-OH is 1. The number of allylic oxidation sites excluding steroid dienone is 2. The summed E-state index contributed by atoms with van der Waals surface area (Å²) in [4.78, 5) is 11.9. The molecular weight excluding hydrogens is 492 g/mol. The molecule has 0 aliphatic carbocycles. The van der Waals surface area contributed by atoms with Gasteiger partial charge in [0.25, 0.3) is 0 Å². The average Bonchev–Trinajstić information content (AvgIpc) is 2.96. The Kier molecular flexibility index (Phi) is 35.4. The Morgan fingerprint density at radius 1 is 0.475 bits per heavy atom. The van der Waals surface area contributed by atoms with E-state index in [-0.39, 0.29) is 5.97 Å². The van der Waals surface area contributed by atoms with Crippen LogP contribution in [0.5, 0.6) is 0 Å². The van der Waals surface area contributed by atoms with Crippen LogP contribution in [-0.4, -0.2) is 24.3 Å². The first kappa shape index (κ1) is 39.2. The van der Waals surface area contributed by atoms with Crippen molar-refractivity contribution in [2.24, 2.45) is 0 Å². The number of hydrogen-bond donors (Lipinski definition) is 1. The zero-order valence-electron chi connectivity index (χ0n) is 27.3. The lowest BCUT2D eigenvalue weighted by Gasteiger charge is -2.06. The van der Waals surface area contributed by atoms with Crippen molar-refractivity contribution in [3.8, 4) is 0 Å². The number of ether oxygens (including phenoxy) is 1. The number of carbonyl (C=O) groups excluding carboxylic acids is 1. The molecule has 0 aromatic carbocycles. The van der Waals surface area contributed by atoms with Gasteiger partial charge in [-0.3, -0.25) is 4.79 Å².